The second kappa shape index (κ2) is 5.14. The summed E-state index contributed by atoms with van der Waals surface area (Å²) in [4.78, 5) is 12.6. The first-order valence-electron chi connectivity index (χ1n) is 7.71. The number of para-hydroxylation sites is 1. The number of aryl methyl sites for hydroxylation is 1. The van der Waals surface area contributed by atoms with Crippen LogP contribution in [0.15, 0.2) is 30.3 Å². The van der Waals surface area contributed by atoms with E-state index in [9.17, 15) is 4.79 Å². The van der Waals surface area contributed by atoms with Gasteiger partial charge in [-0.15, -0.1) is 0 Å². The normalized spacial score (nSPS) is 16.8. The van der Waals surface area contributed by atoms with Gasteiger partial charge in [0.1, 0.15) is 0 Å². The Kier molecular flexibility index (Phi) is 3.44. The fourth-order valence-electron chi connectivity index (χ4n) is 3.22. The molecule has 0 amide bonds. The van der Waals surface area contributed by atoms with Gasteiger partial charge in [0.05, 0.1) is 22.6 Å². The summed E-state index contributed by atoms with van der Waals surface area (Å²) in [5.74, 6) is 0.256. The van der Waals surface area contributed by atoms with E-state index in [1.165, 1.54) is 0 Å². The highest BCUT2D eigenvalue weighted by Crippen LogP contribution is 2.37. The molecule has 0 N–H and O–H groups in total. The van der Waals surface area contributed by atoms with E-state index in [1.807, 2.05) is 22.9 Å². The molecule has 1 aromatic heterocycles. The second-order valence-electron chi connectivity index (χ2n) is 6.71. The second-order valence-corrected chi connectivity index (χ2v) is 6.71. The molecule has 21 heavy (non-hydrogen) atoms. The van der Waals surface area contributed by atoms with Crippen LogP contribution in [0, 0.1) is 5.41 Å². The fourth-order valence-corrected chi connectivity index (χ4v) is 3.22. The monoisotopic (exact) mass is 282 g/mol. The number of benzene rings is 1. The van der Waals surface area contributed by atoms with Gasteiger partial charge in [0.15, 0.2) is 5.78 Å². The number of ketones is 1. The number of rotatable bonds is 3. The third kappa shape index (κ3) is 2.53. The summed E-state index contributed by atoms with van der Waals surface area (Å²) < 4.78 is 1.99. The van der Waals surface area contributed by atoms with E-state index in [0.717, 1.165) is 41.9 Å². The molecule has 3 heteroatoms. The van der Waals surface area contributed by atoms with Crippen molar-refractivity contribution in [2.24, 2.45) is 5.41 Å². The van der Waals surface area contributed by atoms with Crippen molar-refractivity contribution < 1.29 is 4.79 Å². The van der Waals surface area contributed by atoms with Gasteiger partial charge in [0.2, 0.25) is 0 Å². The summed E-state index contributed by atoms with van der Waals surface area (Å²) in [5.41, 5.74) is 4.00. The van der Waals surface area contributed by atoms with Gasteiger partial charge >= 0.3 is 0 Å². The highest BCUT2D eigenvalue weighted by atomic mass is 16.1. The number of hydrogen-bond acceptors (Lipinski definition) is 2. The van der Waals surface area contributed by atoms with Gasteiger partial charge in [-0.25, -0.2) is 4.68 Å². The van der Waals surface area contributed by atoms with Gasteiger partial charge < -0.3 is 0 Å². The molecule has 0 atom stereocenters. The maximum absolute atomic E-state index is 12.6. The molecule has 0 radical (unpaired) electrons. The molecular formula is C18H22N2O. The Morgan fingerprint density at radius 1 is 1.19 bits per heavy atom. The van der Waals surface area contributed by atoms with Crippen LogP contribution in [0.2, 0.25) is 0 Å². The third-order valence-electron chi connectivity index (χ3n) is 4.11. The molecule has 0 saturated heterocycles. The van der Waals surface area contributed by atoms with Crippen LogP contribution in [0.5, 0.6) is 0 Å². The Hall–Kier alpha value is -1.90. The molecule has 1 heterocycles. The van der Waals surface area contributed by atoms with Crippen LogP contribution in [-0.2, 0) is 12.8 Å². The topological polar surface area (TPSA) is 34.9 Å². The van der Waals surface area contributed by atoms with Gasteiger partial charge in [0, 0.05) is 6.42 Å². The summed E-state index contributed by atoms with van der Waals surface area (Å²) in [6.07, 6.45) is 3.40. The molecule has 3 nitrogen and oxygen atoms in total. The van der Waals surface area contributed by atoms with E-state index < -0.39 is 0 Å². The molecule has 3 rings (SSSR count). The van der Waals surface area contributed by atoms with Gasteiger partial charge in [0.25, 0.3) is 0 Å². The number of nitrogens with zero attached hydrogens (tertiary/aromatic N) is 2. The number of carbonyl (C=O) groups is 1. The molecule has 0 aliphatic heterocycles. The van der Waals surface area contributed by atoms with Crippen LogP contribution in [0.1, 0.15) is 55.4 Å². The third-order valence-corrected chi connectivity index (χ3v) is 4.11. The summed E-state index contributed by atoms with van der Waals surface area (Å²) >= 11 is 0. The highest BCUT2D eigenvalue weighted by Gasteiger charge is 2.36. The van der Waals surface area contributed by atoms with Crippen molar-refractivity contribution in [3.63, 3.8) is 0 Å². The summed E-state index contributed by atoms with van der Waals surface area (Å²) in [7, 11) is 0. The van der Waals surface area contributed by atoms with E-state index in [4.69, 9.17) is 5.10 Å². The van der Waals surface area contributed by atoms with Gasteiger partial charge in [-0.3, -0.25) is 4.79 Å². The molecule has 0 fully saturated rings. The minimum Gasteiger partial charge on any atom is -0.294 e. The van der Waals surface area contributed by atoms with Crippen LogP contribution >= 0.6 is 0 Å². The van der Waals surface area contributed by atoms with Crippen LogP contribution in [0.25, 0.3) is 5.69 Å². The highest BCUT2D eigenvalue weighted by molar-refractivity contribution is 6.00. The Morgan fingerprint density at radius 3 is 2.57 bits per heavy atom. The maximum atomic E-state index is 12.6. The van der Waals surface area contributed by atoms with Crippen LogP contribution in [-0.4, -0.2) is 15.6 Å². The molecule has 1 aliphatic rings. The molecule has 110 valence electrons. The zero-order chi connectivity index (χ0) is 15.0. The van der Waals surface area contributed by atoms with E-state index in [1.54, 1.807) is 0 Å². The lowest BCUT2D eigenvalue weighted by atomic mass is 9.75. The first-order valence-corrected chi connectivity index (χ1v) is 7.71. The average Bonchev–Trinajstić information content (AvgIpc) is 2.77. The molecule has 0 bridgehead atoms. The van der Waals surface area contributed by atoms with E-state index in [2.05, 4.69) is 32.9 Å². The Morgan fingerprint density at radius 2 is 1.90 bits per heavy atom. The van der Waals surface area contributed by atoms with Crippen LogP contribution in [0.3, 0.4) is 0 Å². The largest absolute Gasteiger partial charge is 0.294 e. The summed E-state index contributed by atoms with van der Waals surface area (Å²) in [6.45, 7) is 6.45. The van der Waals surface area contributed by atoms with Crippen molar-refractivity contribution in [2.75, 3.05) is 0 Å². The SMILES string of the molecule is CCCc1nn(-c2ccccc2)c2c1C(=O)CC(C)(C)C2. The first kappa shape index (κ1) is 14.1. The van der Waals surface area contributed by atoms with Crippen molar-refractivity contribution in [3.05, 3.63) is 47.3 Å². The molecule has 1 aromatic carbocycles. The quantitative estimate of drug-likeness (QED) is 0.853. The van der Waals surface area contributed by atoms with Crippen molar-refractivity contribution in [1.29, 1.82) is 0 Å². The van der Waals surface area contributed by atoms with E-state index in [0.29, 0.717) is 6.42 Å². The smallest absolute Gasteiger partial charge is 0.167 e. The lowest BCUT2D eigenvalue weighted by Gasteiger charge is -2.29. The van der Waals surface area contributed by atoms with Gasteiger partial charge in [-0.2, -0.15) is 5.10 Å². The lowest BCUT2D eigenvalue weighted by molar-refractivity contribution is 0.0910. The number of Topliss-reactive ketones (excluding diaryl/α,β-unsaturated/α-hetero) is 1. The molecule has 2 aromatic rings. The predicted molar refractivity (Wildman–Crippen MR) is 84.0 cm³/mol. The van der Waals surface area contributed by atoms with Crippen LogP contribution in [0.4, 0.5) is 0 Å². The number of hydrogen-bond donors (Lipinski definition) is 0. The summed E-state index contributed by atoms with van der Waals surface area (Å²) in [5, 5.41) is 4.76. The molecule has 0 unspecified atom stereocenters. The van der Waals surface area contributed by atoms with E-state index >= 15 is 0 Å². The van der Waals surface area contributed by atoms with Crippen molar-refractivity contribution in [1.82, 2.24) is 9.78 Å². The van der Waals surface area contributed by atoms with Gasteiger partial charge in [-0.05, 0) is 30.4 Å². The van der Waals surface area contributed by atoms with Crippen molar-refractivity contribution in [3.8, 4) is 5.69 Å². The molecular weight excluding hydrogens is 260 g/mol. The Labute approximate surface area is 126 Å². The summed E-state index contributed by atoms with van der Waals surface area (Å²) in [6, 6.07) is 10.1. The first-order chi connectivity index (χ1) is 10.0. The molecule has 0 spiro atoms. The van der Waals surface area contributed by atoms with E-state index in [-0.39, 0.29) is 11.2 Å². The molecule has 0 saturated carbocycles. The standard InChI is InChI=1S/C18H22N2O/c1-4-8-14-17-15(11-18(2,3)12-16(17)21)20(19-14)13-9-6-5-7-10-13/h5-7,9-10H,4,8,11-12H2,1-3H3. The predicted octanol–water partition coefficient (Wildman–Crippen LogP) is 3.98. The van der Waals surface area contributed by atoms with Gasteiger partial charge in [-0.1, -0.05) is 45.4 Å². The zero-order valence-corrected chi connectivity index (χ0v) is 13.0. The lowest BCUT2D eigenvalue weighted by Crippen LogP contribution is -2.28. The number of aromatic nitrogens is 2. The fraction of sp³-hybridized carbons (Fsp3) is 0.444. The van der Waals surface area contributed by atoms with Crippen LogP contribution < -0.4 is 0 Å². The zero-order valence-electron chi connectivity index (χ0n) is 13.0. The molecule has 1 aliphatic carbocycles. The van der Waals surface area contributed by atoms with Crippen molar-refractivity contribution in [2.45, 2.75) is 46.5 Å². The van der Waals surface area contributed by atoms with Crippen molar-refractivity contribution >= 4 is 5.78 Å². The maximum Gasteiger partial charge on any atom is 0.167 e. The minimum absolute atomic E-state index is 0.0140. The minimum atomic E-state index is 0.0140. The average molecular weight is 282 g/mol. The number of fused-ring (bicyclic) bond motifs is 1. The number of carbonyl (C=O) groups excluding carboxylic acids is 1. The Bertz CT molecular complexity index is 668. The Balaban J connectivity index is 2.18.